The van der Waals surface area contributed by atoms with Gasteiger partial charge in [0.15, 0.2) is 0 Å². The Bertz CT molecular complexity index is 800. The maximum atomic E-state index is 10.3. The molecular formula is C18H14ClNO2. The Morgan fingerprint density at radius 3 is 2.41 bits per heavy atom. The highest BCUT2D eigenvalue weighted by Gasteiger charge is 2.12. The van der Waals surface area contributed by atoms with Crippen LogP contribution in [0.2, 0.25) is 5.02 Å². The molecule has 4 heteroatoms. The third kappa shape index (κ3) is 2.76. The van der Waals surface area contributed by atoms with Gasteiger partial charge in [-0.25, -0.2) is 0 Å². The average molecular weight is 312 g/mol. The summed E-state index contributed by atoms with van der Waals surface area (Å²) in [6.45, 7) is 0. The number of nitrogens with zero attached hydrogens (tertiary/aromatic N) is 1. The summed E-state index contributed by atoms with van der Waals surface area (Å²) in [4.78, 5) is 4.19. The molecule has 0 aliphatic heterocycles. The Balaban J connectivity index is 2.14. The van der Waals surface area contributed by atoms with Crippen LogP contribution in [0.3, 0.4) is 0 Å². The van der Waals surface area contributed by atoms with Gasteiger partial charge in [0.1, 0.15) is 11.5 Å². The molecule has 0 spiro atoms. The van der Waals surface area contributed by atoms with Gasteiger partial charge < -0.3 is 9.84 Å². The van der Waals surface area contributed by atoms with E-state index in [0.29, 0.717) is 10.8 Å². The Hall–Kier alpha value is -2.52. The molecule has 0 atom stereocenters. The summed E-state index contributed by atoms with van der Waals surface area (Å²) in [5, 5.41) is 11.0. The lowest BCUT2D eigenvalue weighted by Crippen LogP contribution is -1.89. The minimum Gasteiger partial charge on any atom is -0.507 e. The van der Waals surface area contributed by atoms with Crippen LogP contribution in [0.4, 0.5) is 0 Å². The van der Waals surface area contributed by atoms with Crippen molar-refractivity contribution in [1.82, 2.24) is 4.98 Å². The molecule has 1 heterocycles. The minimum atomic E-state index is 0.167. The maximum Gasteiger partial charge on any atom is 0.127 e. The maximum absolute atomic E-state index is 10.3. The zero-order valence-corrected chi connectivity index (χ0v) is 12.7. The van der Waals surface area contributed by atoms with Gasteiger partial charge in [-0.3, -0.25) is 4.98 Å². The van der Waals surface area contributed by atoms with Crippen LogP contribution in [0, 0.1) is 0 Å². The Morgan fingerprint density at radius 1 is 0.955 bits per heavy atom. The van der Waals surface area contributed by atoms with Crippen molar-refractivity contribution in [3.8, 4) is 33.8 Å². The third-order valence-electron chi connectivity index (χ3n) is 3.47. The lowest BCUT2D eigenvalue weighted by molar-refractivity contribution is 0.408. The molecule has 0 bridgehead atoms. The number of halogens is 1. The zero-order valence-electron chi connectivity index (χ0n) is 12.0. The second-order valence-electron chi connectivity index (χ2n) is 4.81. The normalized spacial score (nSPS) is 10.5. The van der Waals surface area contributed by atoms with E-state index >= 15 is 0 Å². The van der Waals surface area contributed by atoms with Crippen LogP contribution in [0.1, 0.15) is 0 Å². The van der Waals surface area contributed by atoms with Crippen LogP contribution in [0.5, 0.6) is 11.5 Å². The molecule has 0 amide bonds. The quantitative estimate of drug-likeness (QED) is 0.756. The molecule has 0 fully saturated rings. The van der Waals surface area contributed by atoms with Gasteiger partial charge in [0.2, 0.25) is 0 Å². The molecule has 2 aromatic carbocycles. The Kier molecular flexibility index (Phi) is 3.98. The van der Waals surface area contributed by atoms with Gasteiger partial charge in [0.05, 0.1) is 7.11 Å². The van der Waals surface area contributed by atoms with Crippen LogP contribution in [0.25, 0.3) is 22.3 Å². The second-order valence-corrected chi connectivity index (χ2v) is 5.25. The molecule has 3 nitrogen and oxygen atoms in total. The van der Waals surface area contributed by atoms with Crippen molar-refractivity contribution < 1.29 is 9.84 Å². The number of rotatable bonds is 3. The third-order valence-corrected chi connectivity index (χ3v) is 3.72. The van der Waals surface area contributed by atoms with Crippen molar-refractivity contribution in [2.24, 2.45) is 0 Å². The first-order chi connectivity index (χ1) is 10.7. The summed E-state index contributed by atoms with van der Waals surface area (Å²) in [5.41, 5.74) is 3.55. The molecule has 3 aromatic rings. The van der Waals surface area contributed by atoms with Gasteiger partial charge in [0, 0.05) is 34.6 Å². The molecule has 0 radical (unpaired) electrons. The number of pyridine rings is 1. The van der Waals surface area contributed by atoms with Gasteiger partial charge >= 0.3 is 0 Å². The Labute approximate surface area is 133 Å². The molecule has 0 saturated carbocycles. The topological polar surface area (TPSA) is 42.4 Å². The summed E-state index contributed by atoms with van der Waals surface area (Å²) in [5.74, 6) is 0.782. The fourth-order valence-electron chi connectivity index (χ4n) is 2.35. The van der Waals surface area contributed by atoms with E-state index in [4.69, 9.17) is 16.3 Å². The lowest BCUT2D eigenvalue weighted by atomic mass is 9.96. The zero-order chi connectivity index (χ0) is 15.5. The Morgan fingerprint density at radius 2 is 1.73 bits per heavy atom. The SMILES string of the molecule is COc1ccc(-c2ccncc2-c2ccc(Cl)cc2)c(O)c1. The van der Waals surface area contributed by atoms with Gasteiger partial charge in [-0.1, -0.05) is 23.7 Å². The minimum absolute atomic E-state index is 0.167. The first kappa shape index (κ1) is 14.4. The number of benzene rings is 2. The van der Waals surface area contributed by atoms with Crippen LogP contribution >= 0.6 is 11.6 Å². The molecule has 1 aromatic heterocycles. The number of hydrogen-bond donors (Lipinski definition) is 1. The van der Waals surface area contributed by atoms with E-state index < -0.39 is 0 Å². The van der Waals surface area contributed by atoms with Crippen molar-refractivity contribution in [3.63, 3.8) is 0 Å². The fraction of sp³-hybridized carbons (Fsp3) is 0.0556. The van der Waals surface area contributed by atoms with E-state index in [1.54, 1.807) is 25.6 Å². The smallest absolute Gasteiger partial charge is 0.127 e. The van der Waals surface area contributed by atoms with Crippen LogP contribution in [-0.4, -0.2) is 17.2 Å². The monoisotopic (exact) mass is 311 g/mol. The molecule has 0 unspecified atom stereocenters. The van der Waals surface area contributed by atoms with E-state index in [-0.39, 0.29) is 5.75 Å². The van der Waals surface area contributed by atoms with E-state index in [2.05, 4.69) is 4.98 Å². The van der Waals surface area contributed by atoms with Gasteiger partial charge in [-0.05, 0) is 41.5 Å². The predicted molar refractivity (Wildman–Crippen MR) is 88.3 cm³/mol. The van der Waals surface area contributed by atoms with Gasteiger partial charge in [0.25, 0.3) is 0 Å². The number of ether oxygens (including phenoxy) is 1. The number of hydrogen-bond acceptors (Lipinski definition) is 3. The number of phenolic OH excluding ortho intramolecular Hbond substituents is 1. The molecule has 0 aliphatic rings. The van der Waals surface area contributed by atoms with Crippen molar-refractivity contribution in [1.29, 1.82) is 0 Å². The molecule has 3 rings (SSSR count). The summed E-state index contributed by atoms with van der Waals surface area (Å²) in [7, 11) is 1.57. The summed E-state index contributed by atoms with van der Waals surface area (Å²) in [6.07, 6.45) is 3.49. The van der Waals surface area contributed by atoms with Gasteiger partial charge in [-0.2, -0.15) is 0 Å². The van der Waals surface area contributed by atoms with Gasteiger partial charge in [-0.15, -0.1) is 0 Å². The number of phenols is 1. The molecule has 0 saturated heterocycles. The first-order valence-corrected chi connectivity index (χ1v) is 7.14. The predicted octanol–water partition coefficient (Wildman–Crippen LogP) is 4.78. The summed E-state index contributed by atoms with van der Waals surface area (Å²) < 4.78 is 5.13. The van der Waals surface area contributed by atoms with E-state index in [1.807, 2.05) is 42.5 Å². The molecule has 1 N–H and O–H groups in total. The van der Waals surface area contributed by atoms with Crippen molar-refractivity contribution in [3.05, 3.63) is 65.9 Å². The standard InChI is InChI=1S/C18H14ClNO2/c1-22-14-6-7-16(18(21)10-14)15-8-9-20-11-17(15)12-2-4-13(19)5-3-12/h2-11,21H,1H3. The molecular weight excluding hydrogens is 298 g/mol. The fourth-order valence-corrected chi connectivity index (χ4v) is 2.48. The van der Waals surface area contributed by atoms with Crippen molar-refractivity contribution in [2.45, 2.75) is 0 Å². The van der Waals surface area contributed by atoms with Crippen LogP contribution in [0.15, 0.2) is 60.9 Å². The van der Waals surface area contributed by atoms with Crippen LogP contribution < -0.4 is 4.74 Å². The highest BCUT2D eigenvalue weighted by molar-refractivity contribution is 6.30. The number of methoxy groups -OCH3 is 1. The second kappa shape index (κ2) is 6.08. The largest absolute Gasteiger partial charge is 0.507 e. The summed E-state index contributed by atoms with van der Waals surface area (Å²) >= 11 is 5.95. The van der Waals surface area contributed by atoms with E-state index in [0.717, 1.165) is 22.3 Å². The average Bonchev–Trinajstić information content (AvgIpc) is 2.55. The number of aromatic nitrogens is 1. The van der Waals surface area contributed by atoms with Crippen molar-refractivity contribution >= 4 is 11.6 Å². The molecule has 0 aliphatic carbocycles. The number of aromatic hydroxyl groups is 1. The van der Waals surface area contributed by atoms with Crippen LogP contribution in [-0.2, 0) is 0 Å². The lowest BCUT2D eigenvalue weighted by Gasteiger charge is -2.12. The summed E-state index contributed by atoms with van der Waals surface area (Å²) in [6, 6.07) is 14.7. The highest BCUT2D eigenvalue weighted by atomic mass is 35.5. The van der Waals surface area contributed by atoms with E-state index in [9.17, 15) is 5.11 Å². The molecule has 110 valence electrons. The molecule has 22 heavy (non-hydrogen) atoms. The van der Waals surface area contributed by atoms with Crippen molar-refractivity contribution in [2.75, 3.05) is 7.11 Å². The highest BCUT2D eigenvalue weighted by Crippen LogP contribution is 2.38. The van der Waals surface area contributed by atoms with E-state index in [1.165, 1.54) is 0 Å². The first-order valence-electron chi connectivity index (χ1n) is 6.76.